The molecule has 3 N–H and O–H groups in total. The second-order valence-corrected chi connectivity index (χ2v) is 5.13. The zero-order chi connectivity index (χ0) is 15.4. The van der Waals surface area contributed by atoms with E-state index in [1.54, 1.807) is 14.2 Å². The zero-order valence-corrected chi connectivity index (χ0v) is 13.1. The summed E-state index contributed by atoms with van der Waals surface area (Å²) in [6, 6.07) is 9.43. The average molecular weight is 307 g/mol. The molecule has 4 nitrogen and oxygen atoms in total. The highest BCUT2D eigenvalue weighted by Gasteiger charge is 2.07. The Morgan fingerprint density at radius 3 is 2.57 bits per heavy atom. The molecule has 2 aromatic rings. The largest absolute Gasteiger partial charge is 0.497 e. The number of nitrogens with one attached hydrogen (secondary N) is 1. The van der Waals surface area contributed by atoms with Crippen LogP contribution in [0.3, 0.4) is 0 Å². The van der Waals surface area contributed by atoms with Gasteiger partial charge in [0.05, 0.1) is 24.9 Å². The van der Waals surface area contributed by atoms with Crippen LogP contribution in [0.2, 0.25) is 5.02 Å². The second kappa shape index (κ2) is 6.59. The summed E-state index contributed by atoms with van der Waals surface area (Å²) >= 11 is 6.06. The average Bonchev–Trinajstić information content (AvgIpc) is 2.49. The number of benzene rings is 2. The molecule has 0 aliphatic heterocycles. The molecule has 112 valence electrons. The van der Waals surface area contributed by atoms with Gasteiger partial charge in [0.1, 0.15) is 11.5 Å². The quantitative estimate of drug-likeness (QED) is 0.824. The molecule has 0 radical (unpaired) electrons. The number of nitrogens with two attached hydrogens (primary N) is 1. The third-order valence-corrected chi connectivity index (χ3v) is 3.63. The molecule has 2 aromatic carbocycles. The number of nitrogen functional groups attached to an aromatic ring is 1. The Hall–Kier alpha value is -2.07. The van der Waals surface area contributed by atoms with Gasteiger partial charge in [-0.15, -0.1) is 0 Å². The van der Waals surface area contributed by atoms with Gasteiger partial charge in [-0.25, -0.2) is 0 Å². The summed E-state index contributed by atoms with van der Waals surface area (Å²) in [5.74, 6) is 1.54. The van der Waals surface area contributed by atoms with Crippen molar-refractivity contribution >= 4 is 23.0 Å². The molecule has 0 aliphatic carbocycles. The van der Waals surface area contributed by atoms with Crippen LogP contribution in [0.4, 0.5) is 11.4 Å². The maximum atomic E-state index is 6.06. The van der Waals surface area contributed by atoms with E-state index in [4.69, 9.17) is 26.8 Å². The van der Waals surface area contributed by atoms with Gasteiger partial charge in [-0.2, -0.15) is 0 Å². The first-order chi connectivity index (χ1) is 10.0. The number of anilines is 2. The van der Waals surface area contributed by atoms with Crippen molar-refractivity contribution in [3.05, 3.63) is 46.5 Å². The lowest BCUT2D eigenvalue weighted by Crippen LogP contribution is -2.04. The number of halogens is 1. The summed E-state index contributed by atoms with van der Waals surface area (Å²) in [6.07, 6.45) is 0. The van der Waals surface area contributed by atoms with Crippen molar-refractivity contribution in [1.82, 2.24) is 0 Å². The van der Waals surface area contributed by atoms with E-state index in [1.165, 1.54) is 0 Å². The van der Waals surface area contributed by atoms with E-state index in [2.05, 4.69) is 5.32 Å². The summed E-state index contributed by atoms with van der Waals surface area (Å²) in [7, 11) is 3.27. The number of hydrogen-bond donors (Lipinski definition) is 2. The first-order valence-corrected chi connectivity index (χ1v) is 6.93. The van der Waals surface area contributed by atoms with Gasteiger partial charge in [0, 0.05) is 23.9 Å². The zero-order valence-electron chi connectivity index (χ0n) is 12.4. The minimum absolute atomic E-state index is 0.546. The Bertz CT molecular complexity index is 644. The number of aryl methyl sites for hydroxylation is 1. The summed E-state index contributed by atoms with van der Waals surface area (Å²) in [6.45, 7) is 2.61. The summed E-state index contributed by atoms with van der Waals surface area (Å²) in [4.78, 5) is 0. The number of hydrogen-bond acceptors (Lipinski definition) is 4. The summed E-state index contributed by atoms with van der Waals surface area (Å²) < 4.78 is 10.6. The van der Waals surface area contributed by atoms with Crippen molar-refractivity contribution in [2.75, 3.05) is 25.3 Å². The van der Waals surface area contributed by atoms with Gasteiger partial charge in [0.25, 0.3) is 0 Å². The molecule has 0 heterocycles. The molecule has 2 rings (SSSR count). The third-order valence-electron chi connectivity index (χ3n) is 3.31. The van der Waals surface area contributed by atoms with E-state index in [0.717, 1.165) is 28.3 Å². The Balaban J connectivity index is 2.18. The van der Waals surface area contributed by atoms with Crippen molar-refractivity contribution in [3.8, 4) is 11.5 Å². The van der Waals surface area contributed by atoms with Crippen LogP contribution in [-0.4, -0.2) is 14.2 Å². The summed E-state index contributed by atoms with van der Waals surface area (Å²) in [5, 5.41) is 3.89. The van der Waals surface area contributed by atoms with Crippen LogP contribution in [0.5, 0.6) is 11.5 Å². The van der Waals surface area contributed by atoms with Crippen molar-refractivity contribution in [1.29, 1.82) is 0 Å². The Morgan fingerprint density at radius 2 is 1.90 bits per heavy atom. The smallest absolute Gasteiger partial charge is 0.127 e. The van der Waals surface area contributed by atoms with E-state index in [-0.39, 0.29) is 0 Å². The number of methoxy groups -OCH3 is 2. The highest BCUT2D eigenvalue weighted by atomic mass is 35.5. The highest BCUT2D eigenvalue weighted by Crippen LogP contribution is 2.29. The van der Waals surface area contributed by atoms with Crippen molar-refractivity contribution < 1.29 is 9.47 Å². The first-order valence-electron chi connectivity index (χ1n) is 6.55. The molecule has 0 atom stereocenters. The Morgan fingerprint density at radius 1 is 1.14 bits per heavy atom. The maximum Gasteiger partial charge on any atom is 0.127 e. The molecular formula is C16H19ClN2O2. The molecule has 5 heteroatoms. The Kier molecular flexibility index (Phi) is 4.81. The van der Waals surface area contributed by atoms with Crippen LogP contribution >= 0.6 is 11.6 Å². The predicted molar refractivity (Wildman–Crippen MR) is 87.5 cm³/mol. The third kappa shape index (κ3) is 3.52. The molecule has 0 saturated carbocycles. The van der Waals surface area contributed by atoms with Gasteiger partial charge in [-0.05, 0) is 36.8 Å². The van der Waals surface area contributed by atoms with Gasteiger partial charge in [0.2, 0.25) is 0 Å². The van der Waals surface area contributed by atoms with Crippen LogP contribution in [0.25, 0.3) is 0 Å². The second-order valence-electron chi connectivity index (χ2n) is 4.72. The van der Waals surface area contributed by atoms with E-state index in [1.807, 2.05) is 37.3 Å². The lowest BCUT2D eigenvalue weighted by Gasteiger charge is -2.14. The molecule has 0 bridgehead atoms. The maximum absolute atomic E-state index is 6.06. The summed E-state index contributed by atoms with van der Waals surface area (Å²) in [5.41, 5.74) is 9.40. The molecular weight excluding hydrogens is 288 g/mol. The first kappa shape index (κ1) is 15.3. The molecule has 0 saturated heterocycles. The van der Waals surface area contributed by atoms with E-state index >= 15 is 0 Å². The van der Waals surface area contributed by atoms with Crippen LogP contribution < -0.4 is 20.5 Å². The van der Waals surface area contributed by atoms with Gasteiger partial charge in [-0.3, -0.25) is 0 Å². The van der Waals surface area contributed by atoms with E-state index in [0.29, 0.717) is 17.3 Å². The van der Waals surface area contributed by atoms with Crippen LogP contribution in [0, 0.1) is 6.92 Å². The minimum Gasteiger partial charge on any atom is -0.497 e. The molecule has 0 spiro atoms. The lowest BCUT2D eigenvalue weighted by atomic mass is 10.1. The lowest BCUT2D eigenvalue weighted by molar-refractivity contribution is 0.391. The molecule has 0 aromatic heterocycles. The van der Waals surface area contributed by atoms with E-state index < -0.39 is 0 Å². The van der Waals surface area contributed by atoms with Gasteiger partial charge >= 0.3 is 0 Å². The van der Waals surface area contributed by atoms with Crippen molar-refractivity contribution in [2.24, 2.45) is 0 Å². The number of ether oxygens (including phenoxy) is 2. The monoisotopic (exact) mass is 306 g/mol. The SMILES string of the molecule is COc1ccc(CNc2cc(Cl)c(N)cc2C)c(OC)c1. The highest BCUT2D eigenvalue weighted by molar-refractivity contribution is 6.33. The fraction of sp³-hybridized carbons (Fsp3) is 0.250. The topological polar surface area (TPSA) is 56.5 Å². The van der Waals surface area contributed by atoms with Crippen LogP contribution in [0.15, 0.2) is 30.3 Å². The van der Waals surface area contributed by atoms with Gasteiger partial charge < -0.3 is 20.5 Å². The molecule has 0 aliphatic rings. The van der Waals surface area contributed by atoms with Crippen molar-refractivity contribution in [3.63, 3.8) is 0 Å². The molecule has 0 fully saturated rings. The van der Waals surface area contributed by atoms with Crippen LogP contribution in [0.1, 0.15) is 11.1 Å². The number of rotatable bonds is 5. The fourth-order valence-electron chi connectivity index (χ4n) is 2.08. The normalized spacial score (nSPS) is 10.3. The Labute approximate surface area is 129 Å². The molecule has 0 amide bonds. The van der Waals surface area contributed by atoms with Gasteiger partial charge in [0.15, 0.2) is 0 Å². The van der Waals surface area contributed by atoms with Crippen LogP contribution in [-0.2, 0) is 6.54 Å². The van der Waals surface area contributed by atoms with Crippen molar-refractivity contribution in [2.45, 2.75) is 13.5 Å². The minimum atomic E-state index is 0.546. The fourth-order valence-corrected chi connectivity index (χ4v) is 2.25. The van der Waals surface area contributed by atoms with E-state index in [9.17, 15) is 0 Å². The van der Waals surface area contributed by atoms with Gasteiger partial charge in [-0.1, -0.05) is 11.6 Å². The molecule has 21 heavy (non-hydrogen) atoms. The standard InChI is InChI=1S/C16H19ClN2O2/c1-10-6-14(18)13(17)8-15(10)19-9-11-4-5-12(20-2)7-16(11)21-3/h4-8,19H,9,18H2,1-3H3. The molecule has 0 unspecified atom stereocenters. The predicted octanol–water partition coefficient (Wildman–Crippen LogP) is 3.86.